The molecule has 4 heterocycles. The Bertz CT molecular complexity index is 1080. The third kappa shape index (κ3) is 4.51. The van der Waals surface area contributed by atoms with Gasteiger partial charge in [0.25, 0.3) is 11.8 Å². The van der Waals surface area contributed by atoms with E-state index in [0.717, 1.165) is 16.2 Å². The van der Waals surface area contributed by atoms with Crippen molar-refractivity contribution in [2.24, 2.45) is 5.16 Å². The molecule has 0 saturated carbocycles. The largest absolute Gasteiger partial charge is 0.477 e. The van der Waals surface area contributed by atoms with Crippen LogP contribution in [0, 0.1) is 0 Å². The van der Waals surface area contributed by atoms with E-state index >= 15 is 0 Å². The molecule has 1 aromatic heterocycles. The van der Waals surface area contributed by atoms with Crippen molar-refractivity contribution in [2.75, 3.05) is 44.4 Å². The number of amides is 3. The number of hydrogen-bond donors (Lipinski definition) is 4. The summed E-state index contributed by atoms with van der Waals surface area (Å²) in [5.41, 5.74) is 5.14. The van der Waals surface area contributed by atoms with Crippen molar-refractivity contribution in [3.8, 4) is 0 Å². The molecule has 3 aliphatic rings. The number of rotatable bonds is 6. The molecule has 0 unspecified atom stereocenters. The van der Waals surface area contributed by atoms with Gasteiger partial charge in [-0.3, -0.25) is 14.5 Å². The van der Waals surface area contributed by atoms with Gasteiger partial charge in [-0.15, -0.1) is 23.1 Å². The van der Waals surface area contributed by atoms with Gasteiger partial charge in [0, 0.05) is 29.8 Å². The third-order valence-corrected chi connectivity index (χ3v) is 7.27. The molecule has 14 nitrogen and oxygen atoms in total. The zero-order valence-corrected chi connectivity index (χ0v) is 19.1. The van der Waals surface area contributed by atoms with Gasteiger partial charge in [0.1, 0.15) is 29.4 Å². The number of aliphatic carboxylic acids is 1. The lowest BCUT2D eigenvalue weighted by atomic mass is 10.0. The van der Waals surface area contributed by atoms with Crippen LogP contribution in [-0.2, 0) is 23.9 Å². The molecule has 3 amide bonds. The van der Waals surface area contributed by atoms with E-state index in [4.69, 9.17) is 15.2 Å². The number of anilines is 1. The summed E-state index contributed by atoms with van der Waals surface area (Å²) in [4.78, 5) is 55.9. The normalized spacial score (nSPS) is 22.7. The van der Waals surface area contributed by atoms with Gasteiger partial charge >= 0.3 is 12.1 Å². The third-order valence-electron chi connectivity index (χ3n) is 5.26. The summed E-state index contributed by atoms with van der Waals surface area (Å²) in [5, 5.41) is 25.2. The monoisotopic (exact) mass is 512 g/mol. The number of ether oxygens (including phenoxy) is 2. The number of nitrogens with zero attached hydrogens (tertiary/aromatic N) is 4. The zero-order valence-electron chi connectivity index (χ0n) is 17.5. The summed E-state index contributed by atoms with van der Waals surface area (Å²) in [5.74, 6) is -2.70. The highest BCUT2D eigenvalue weighted by molar-refractivity contribution is 8.00. The van der Waals surface area contributed by atoms with E-state index in [2.05, 4.69) is 15.5 Å². The van der Waals surface area contributed by atoms with Crippen LogP contribution in [0.25, 0.3) is 0 Å². The van der Waals surface area contributed by atoms with Crippen LogP contribution in [-0.4, -0.2) is 105 Å². The Labute approximate surface area is 200 Å². The summed E-state index contributed by atoms with van der Waals surface area (Å²) in [6.45, 7) is 1.25. The smallest absolute Gasteiger partial charge is 0.410 e. The number of carbonyl (C=O) groups excluding carboxylic acids is 3. The Morgan fingerprint density at radius 3 is 2.71 bits per heavy atom. The van der Waals surface area contributed by atoms with Gasteiger partial charge < -0.3 is 35.7 Å². The molecule has 2 saturated heterocycles. The molecular weight excluding hydrogens is 492 g/mol. The molecule has 0 radical (unpaired) electrons. The lowest BCUT2D eigenvalue weighted by molar-refractivity contribution is -0.150. The molecule has 34 heavy (non-hydrogen) atoms. The van der Waals surface area contributed by atoms with Gasteiger partial charge in [-0.25, -0.2) is 14.6 Å². The highest BCUT2D eigenvalue weighted by atomic mass is 32.2. The number of nitrogens with two attached hydrogens (primary N) is 1. The summed E-state index contributed by atoms with van der Waals surface area (Å²) < 4.78 is 10.4. The average Bonchev–Trinajstić information content (AvgIpc) is 3.26. The molecular formula is C18H20N6O8S2. The fraction of sp³-hybridized carbons (Fsp3) is 0.444. The van der Waals surface area contributed by atoms with Gasteiger partial charge in [-0.05, 0) is 0 Å². The Morgan fingerprint density at radius 1 is 1.35 bits per heavy atom. The number of fused-ring (bicyclic) bond motifs is 1. The van der Waals surface area contributed by atoms with Crippen LogP contribution in [0.1, 0.15) is 5.69 Å². The maximum Gasteiger partial charge on any atom is 0.410 e. The molecule has 2 fully saturated rings. The Hall–Kier alpha value is -3.37. The second-order valence-electron chi connectivity index (χ2n) is 7.29. The first-order valence-corrected chi connectivity index (χ1v) is 11.9. The van der Waals surface area contributed by atoms with E-state index in [1.807, 2.05) is 0 Å². The lowest BCUT2D eigenvalue weighted by Gasteiger charge is -2.49. The Morgan fingerprint density at radius 2 is 2.09 bits per heavy atom. The van der Waals surface area contributed by atoms with Gasteiger partial charge in [-0.1, -0.05) is 5.16 Å². The Balaban J connectivity index is 1.43. The minimum Gasteiger partial charge on any atom is -0.477 e. The first-order chi connectivity index (χ1) is 16.3. The van der Waals surface area contributed by atoms with Crippen LogP contribution in [0.15, 0.2) is 21.8 Å². The molecule has 0 aliphatic carbocycles. The maximum absolute atomic E-state index is 12.8. The van der Waals surface area contributed by atoms with Gasteiger partial charge in [0.2, 0.25) is 0 Å². The predicted molar refractivity (Wildman–Crippen MR) is 118 cm³/mol. The van der Waals surface area contributed by atoms with Crippen molar-refractivity contribution >= 4 is 57.8 Å². The number of carboxylic acids is 1. The van der Waals surface area contributed by atoms with Crippen LogP contribution in [0.2, 0.25) is 0 Å². The molecule has 4 rings (SSSR count). The number of thioether (sulfide) groups is 1. The maximum atomic E-state index is 12.8. The lowest BCUT2D eigenvalue weighted by Crippen LogP contribution is -2.71. The molecule has 2 atom stereocenters. The minimum absolute atomic E-state index is 0.0397. The fourth-order valence-corrected chi connectivity index (χ4v) is 5.47. The summed E-state index contributed by atoms with van der Waals surface area (Å²) in [6.07, 6.45) is -0.591. The van der Waals surface area contributed by atoms with E-state index in [0.29, 0.717) is 26.3 Å². The SMILES string of the molecule is Nc1nc(/C(=N/O)C(=O)N[C@@H]2C(=O)N3C(C(=O)O)=C(COC(=O)N4CCOCC4)CS[C@H]23)cs1. The van der Waals surface area contributed by atoms with Crippen molar-refractivity contribution in [1.29, 1.82) is 0 Å². The van der Waals surface area contributed by atoms with E-state index in [1.165, 1.54) is 22.0 Å². The number of carboxylic acid groups (broad SMARTS) is 1. The van der Waals surface area contributed by atoms with Crippen molar-refractivity contribution in [1.82, 2.24) is 20.1 Å². The number of hydrogen-bond acceptors (Lipinski definition) is 12. The van der Waals surface area contributed by atoms with Crippen molar-refractivity contribution in [3.63, 3.8) is 0 Å². The highest BCUT2D eigenvalue weighted by Gasteiger charge is 2.54. The van der Waals surface area contributed by atoms with Crippen LogP contribution in [0.4, 0.5) is 9.93 Å². The van der Waals surface area contributed by atoms with E-state index in [1.54, 1.807) is 0 Å². The van der Waals surface area contributed by atoms with Crippen LogP contribution in [0.5, 0.6) is 0 Å². The fourth-order valence-electron chi connectivity index (χ4n) is 3.60. The number of nitrogen functional groups attached to an aromatic ring is 1. The zero-order chi connectivity index (χ0) is 24.4. The van der Waals surface area contributed by atoms with Crippen LogP contribution in [0.3, 0.4) is 0 Å². The molecule has 5 N–H and O–H groups in total. The van der Waals surface area contributed by atoms with Crippen LogP contribution < -0.4 is 11.1 Å². The van der Waals surface area contributed by atoms with E-state index < -0.39 is 41.0 Å². The quantitative estimate of drug-likeness (QED) is 0.160. The number of morpholine rings is 1. The molecule has 0 spiro atoms. The second-order valence-corrected chi connectivity index (χ2v) is 9.29. The van der Waals surface area contributed by atoms with E-state index in [-0.39, 0.29) is 34.5 Å². The predicted octanol–water partition coefficient (Wildman–Crippen LogP) is -0.889. The van der Waals surface area contributed by atoms with E-state index in [9.17, 15) is 29.5 Å². The van der Waals surface area contributed by atoms with Gasteiger partial charge in [-0.2, -0.15) is 0 Å². The van der Waals surface area contributed by atoms with Crippen molar-refractivity contribution in [2.45, 2.75) is 11.4 Å². The van der Waals surface area contributed by atoms with Crippen molar-refractivity contribution in [3.05, 3.63) is 22.3 Å². The first-order valence-electron chi connectivity index (χ1n) is 9.95. The summed E-state index contributed by atoms with van der Waals surface area (Å²) in [6, 6.07) is -1.04. The molecule has 16 heteroatoms. The number of thiazole rings is 1. The number of carbonyl (C=O) groups is 4. The number of oxime groups is 1. The summed E-state index contributed by atoms with van der Waals surface area (Å²) in [7, 11) is 0. The van der Waals surface area contributed by atoms with Gasteiger partial charge in [0.15, 0.2) is 10.8 Å². The van der Waals surface area contributed by atoms with Crippen molar-refractivity contribution < 1.29 is 39.0 Å². The number of aromatic nitrogens is 1. The molecule has 3 aliphatic heterocycles. The van der Waals surface area contributed by atoms with Gasteiger partial charge in [0.05, 0.1) is 13.2 Å². The topological polar surface area (TPSA) is 197 Å². The standard InChI is InChI=1S/C18H20N6O8S2/c19-17-20-9(7-34-17)10(22-30)13(25)21-11-14(26)24-12(16(27)28)8(6-33-15(11)24)5-32-18(29)23-1-3-31-4-2-23/h7,11,15,30H,1-6H2,(H2,19,20)(H,21,25)(H,27,28)/b22-10-/t11-,15-/m1/s1. The molecule has 0 aromatic carbocycles. The molecule has 182 valence electrons. The second kappa shape index (κ2) is 9.86. The van der Waals surface area contributed by atoms with Crippen LogP contribution >= 0.6 is 23.1 Å². The number of β-lactam (4-membered cyclic amide) rings is 1. The number of nitrogens with one attached hydrogen (secondary N) is 1. The summed E-state index contributed by atoms with van der Waals surface area (Å²) >= 11 is 2.25. The Kier molecular flexibility index (Phi) is 6.90. The molecule has 1 aromatic rings. The first kappa shape index (κ1) is 23.8. The highest BCUT2D eigenvalue weighted by Crippen LogP contribution is 2.40. The molecule has 0 bridgehead atoms. The minimum atomic E-state index is -1.35. The average molecular weight is 513 g/mol.